The number of aromatic amines is 1. The first kappa shape index (κ1) is 12.6. The molecule has 2 aromatic rings. The first-order valence-electron chi connectivity index (χ1n) is 5.98. The number of methoxy groups -OCH3 is 1. The molecular weight excluding hydrogens is 228 g/mol. The van der Waals surface area contributed by atoms with Crippen molar-refractivity contribution in [3.8, 4) is 17.0 Å². The van der Waals surface area contributed by atoms with Crippen molar-refractivity contribution < 1.29 is 9.84 Å². The van der Waals surface area contributed by atoms with Gasteiger partial charge in [-0.25, -0.2) is 4.98 Å². The molecule has 0 aliphatic rings. The van der Waals surface area contributed by atoms with Crippen LogP contribution in [-0.4, -0.2) is 22.2 Å². The summed E-state index contributed by atoms with van der Waals surface area (Å²) in [6, 6.07) is 6.14. The fourth-order valence-electron chi connectivity index (χ4n) is 1.87. The Morgan fingerprint density at radius 2 is 2.17 bits per heavy atom. The molecule has 0 spiro atoms. The number of ether oxygens (including phenoxy) is 1. The second-order valence-electron chi connectivity index (χ2n) is 4.52. The van der Waals surface area contributed by atoms with Crippen molar-refractivity contribution in [1.29, 1.82) is 0 Å². The van der Waals surface area contributed by atoms with Crippen LogP contribution in [0.3, 0.4) is 0 Å². The van der Waals surface area contributed by atoms with Gasteiger partial charge in [-0.1, -0.05) is 19.9 Å². The highest BCUT2D eigenvalue weighted by molar-refractivity contribution is 5.67. The molecule has 2 N–H and O–H groups in total. The molecule has 0 aliphatic heterocycles. The van der Waals surface area contributed by atoms with Crippen LogP contribution in [0.1, 0.15) is 31.2 Å². The van der Waals surface area contributed by atoms with E-state index in [2.05, 4.69) is 29.9 Å². The van der Waals surface area contributed by atoms with Gasteiger partial charge in [0.2, 0.25) is 0 Å². The van der Waals surface area contributed by atoms with Gasteiger partial charge >= 0.3 is 0 Å². The minimum atomic E-state index is -0.0909. The van der Waals surface area contributed by atoms with Crippen LogP contribution in [0.15, 0.2) is 24.4 Å². The quantitative estimate of drug-likeness (QED) is 0.872. The van der Waals surface area contributed by atoms with Gasteiger partial charge in [0.25, 0.3) is 0 Å². The molecule has 0 bridgehead atoms. The maximum absolute atomic E-state index is 9.02. The van der Waals surface area contributed by atoms with Crippen molar-refractivity contribution in [3.05, 3.63) is 35.8 Å². The van der Waals surface area contributed by atoms with Gasteiger partial charge in [-0.05, 0) is 23.6 Å². The van der Waals surface area contributed by atoms with Gasteiger partial charge in [0.15, 0.2) is 0 Å². The average Bonchev–Trinajstić information content (AvgIpc) is 2.86. The highest BCUT2D eigenvalue weighted by atomic mass is 16.5. The number of imidazole rings is 1. The van der Waals surface area contributed by atoms with E-state index in [0.717, 1.165) is 17.0 Å². The zero-order chi connectivity index (χ0) is 13.1. The third-order valence-corrected chi connectivity index (χ3v) is 2.96. The van der Waals surface area contributed by atoms with Gasteiger partial charge in [0, 0.05) is 5.56 Å². The molecule has 0 atom stereocenters. The first-order valence-corrected chi connectivity index (χ1v) is 5.98. The maximum Gasteiger partial charge on any atom is 0.132 e. The Bertz CT molecular complexity index is 532. The molecule has 0 fully saturated rings. The fourth-order valence-corrected chi connectivity index (χ4v) is 1.87. The molecule has 0 amide bonds. The molecule has 4 heteroatoms. The summed E-state index contributed by atoms with van der Waals surface area (Å²) < 4.78 is 5.42. The fraction of sp³-hybridized carbons (Fsp3) is 0.357. The van der Waals surface area contributed by atoms with Gasteiger partial charge in [-0.2, -0.15) is 0 Å². The smallest absolute Gasteiger partial charge is 0.132 e. The first-order chi connectivity index (χ1) is 8.65. The molecule has 4 nitrogen and oxygen atoms in total. The molecule has 1 aromatic carbocycles. The van der Waals surface area contributed by atoms with E-state index in [1.54, 1.807) is 13.3 Å². The van der Waals surface area contributed by atoms with Crippen molar-refractivity contribution in [1.82, 2.24) is 9.97 Å². The summed E-state index contributed by atoms with van der Waals surface area (Å²) in [4.78, 5) is 7.14. The second-order valence-corrected chi connectivity index (χ2v) is 4.52. The summed E-state index contributed by atoms with van der Waals surface area (Å²) in [5.41, 5.74) is 3.04. The second kappa shape index (κ2) is 5.23. The van der Waals surface area contributed by atoms with E-state index < -0.39 is 0 Å². The Morgan fingerprint density at radius 1 is 1.39 bits per heavy atom. The van der Waals surface area contributed by atoms with Crippen LogP contribution in [0.25, 0.3) is 11.3 Å². The highest BCUT2D eigenvalue weighted by Crippen LogP contribution is 2.31. The van der Waals surface area contributed by atoms with Crippen LogP contribution in [0.4, 0.5) is 0 Å². The number of aromatic nitrogens is 2. The van der Waals surface area contributed by atoms with E-state index in [1.165, 1.54) is 5.56 Å². The molecule has 2 rings (SSSR count). The molecule has 96 valence electrons. The SMILES string of the molecule is COc1cc(C(C)C)ccc1-c1cnc(CO)[nH]1. The summed E-state index contributed by atoms with van der Waals surface area (Å²) in [7, 11) is 1.66. The molecule has 0 unspecified atom stereocenters. The number of rotatable bonds is 4. The Balaban J connectivity index is 2.44. The number of hydrogen-bond donors (Lipinski definition) is 2. The van der Waals surface area contributed by atoms with E-state index >= 15 is 0 Å². The van der Waals surface area contributed by atoms with Crippen molar-refractivity contribution in [2.75, 3.05) is 7.11 Å². The third kappa shape index (κ3) is 2.38. The van der Waals surface area contributed by atoms with Crippen molar-refractivity contribution in [2.24, 2.45) is 0 Å². The molecule has 1 aromatic heterocycles. The standard InChI is InChI=1S/C14H18N2O2/c1-9(2)10-4-5-11(13(6-10)18-3)12-7-15-14(8-17)16-12/h4-7,9,17H,8H2,1-3H3,(H,15,16). The lowest BCUT2D eigenvalue weighted by Crippen LogP contribution is -1.93. The summed E-state index contributed by atoms with van der Waals surface area (Å²) >= 11 is 0. The summed E-state index contributed by atoms with van der Waals surface area (Å²) in [5, 5.41) is 9.02. The predicted octanol–water partition coefficient (Wildman–Crippen LogP) is 2.70. The number of nitrogens with zero attached hydrogens (tertiary/aromatic N) is 1. The summed E-state index contributed by atoms with van der Waals surface area (Å²) in [6.07, 6.45) is 1.71. The summed E-state index contributed by atoms with van der Waals surface area (Å²) in [6.45, 7) is 4.20. The molecule has 0 aliphatic carbocycles. The van der Waals surface area contributed by atoms with Crippen molar-refractivity contribution in [2.45, 2.75) is 26.4 Å². The van der Waals surface area contributed by atoms with E-state index in [4.69, 9.17) is 9.84 Å². The highest BCUT2D eigenvalue weighted by Gasteiger charge is 2.10. The number of aliphatic hydroxyl groups excluding tert-OH is 1. The molecule has 1 heterocycles. The van der Waals surface area contributed by atoms with Crippen LogP contribution in [0, 0.1) is 0 Å². The van der Waals surface area contributed by atoms with Gasteiger partial charge < -0.3 is 14.8 Å². The molecule has 18 heavy (non-hydrogen) atoms. The average molecular weight is 246 g/mol. The van der Waals surface area contributed by atoms with Crippen LogP contribution in [0.2, 0.25) is 0 Å². The lowest BCUT2D eigenvalue weighted by atomic mass is 10.00. The van der Waals surface area contributed by atoms with Crippen molar-refractivity contribution in [3.63, 3.8) is 0 Å². The van der Waals surface area contributed by atoms with Gasteiger partial charge in [-0.15, -0.1) is 0 Å². The Hall–Kier alpha value is -1.81. The Kier molecular flexibility index (Phi) is 3.67. The van der Waals surface area contributed by atoms with Gasteiger partial charge in [-0.3, -0.25) is 0 Å². The Labute approximate surface area is 107 Å². The lowest BCUT2D eigenvalue weighted by molar-refractivity contribution is 0.272. The molecule has 0 saturated carbocycles. The number of H-pyrrole nitrogens is 1. The minimum absolute atomic E-state index is 0.0909. The number of hydrogen-bond acceptors (Lipinski definition) is 3. The van der Waals surface area contributed by atoms with Crippen LogP contribution in [0.5, 0.6) is 5.75 Å². The van der Waals surface area contributed by atoms with Crippen LogP contribution >= 0.6 is 0 Å². The van der Waals surface area contributed by atoms with E-state index in [9.17, 15) is 0 Å². The predicted molar refractivity (Wildman–Crippen MR) is 70.6 cm³/mol. The summed E-state index contributed by atoms with van der Waals surface area (Å²) in [5.74, 6) is 1.83. The van der Waals surface area contributed by atoms with Gasteiger partial charge in [0.05, 0.1) is 19.0 Å². The van der Waals surface area contributed by atoms with Gasteiger partial charge in [0.1, 0.15) is 18.2 Å². The monoisotopic (exact) mass is 246 g/mol. The number of aliphatic hydroxyl groups is 1. The molecule has 0 radical (unpaired) electrons. The Morgan fingerprint density at radius 3 is 2.72 bits per heavy atom. The number of nitrogens with one attached hydrogen (secondary N) is 1. The largest absolute Gasteiger partial charge is 0.496 e. The normalized spacial score (nSPS) is 10.9. The zero-order valence-electron chi connectivity index (χ0n) is 10.9. The minimum Gasteiger partial charge on any atom is -0.496 e. The number of benzene rings is 1. The maximum atomic E-state index is 9.02. The topological polar surface area (TPSA) is 58.1 Å². The van der Waals surface area contributed by atoms with Crippen LogP contribution < -0.4 is 4.74 Å². The third-order valence-electron chi connectivity index (χ3n) is 2.96. The van der Waals surface area contributed by atoms with E-state index in [1.807, 2.05) is 12.1 Å². The van der Waals surface area contributed by atoms with Crippen molar-refractivity contribution >= 4 is 0 Å². The molecular formula is C14H18N2O2. The van der Waals surface area contributed by atoms with E-state index in [-0.39, 0.29) is 6.61 Å². The van der Waals surface area contributed by atoms with Crippen LogP contribution in [-0.2, 0) is 6.61 Å². The zero-order valence-corrected chi connectivity index (χ0v) is 10.9. The molecule has 0 saturated heterocycles. The lowest BCUT2D eigenvalue weighted by Gasteiger charge is -2.11. The van der Waals surface area contributed by atoms with E-state index in [0.29, 0.717) is 11.7 Å².